The van der Waals surface area contributed by atoms with Crippen LogP contribution in [-0.4, -0.2) is 51.5 Å². The van der Waals surface area contributed by atoms with Gasteiger partial charge in [-0.2, -0.15) is 5.10 Å². The third kappa shape index (κ3) is 4.70. The quantitative estimate of drug-likeness (QED) is 0.266. The number of aryl methyl sites for hydroxylation is 1. The topological polar surface area (TPSA) is 169 Å². The van der Waals surface area contributed by atoms with Crippen molar-refractivity contribution < 1.29 is 28.8 Å². The second-order valence-electron chi connectivity index (χ2n) is 7.15. The molecule has 2 N–H and O–H groups in total. The van der Waals surface area contributed by atoms with Crippen LogP contribution < -0.4 is 5.73 Å². The number of aromatic nitrogens is 3. The van der Waals surface area contributed by atoms with Gasteiger partial charge in [0.15, 0.2) is 11.5 Å². The summed E-state index contributed by atoms with van der Waals surface area (Å²) in [6.45, 7) is 1.25. The van der Waals surface area contributed by atoms with E-state index in [1.807, 2.05) is 12.1 Å². The molecule has 1 aromatic carbocycles. The van der Waals surface area contributed by atoms with E-state index in [2.05, 4.69) is 19.6 Å². The number of hydrogen-bond acceptors (Lipinski definition) is 10. The molecule has 0 aliphatic heterocycles. The smallest absolute Gasteiger partial charge is 0.356 e. The van der Waals surface area contributed by atoms with Gasteiger partial charge in [-0.3, -0.25) is 14.9 Å². The van der Waals surface area contributed by atoms with Crippen LogP contribution in [0.5, 0.6) is 0 Å². The number of nitrogens with zero attached hydrogens (tertiary/aromatic N) is 4. The van der Waals surface area contributed by atoms with Crippen LogP contribution in [0.25, 0.3) is 5.65 Å². The maximum atomic E-state index is 11.5. The molecule has 3 aromatic rings. The summed E-state index contributed by atoms with van der Waals surface area (Å²) >= 11 is 0. The lowest BCUT2D eigenvalue weighted by Gasteiger charge is -2.05. The minimum atomic E-state index is -0.791. The number of rotatable bonds is 4. The fourth-order valence-corrected chi connectivity index (χ4v) is 3.44. The van der Waals surface area contributed by atoms with E-state index in [0.717, 1.165) is 36.2 Å². The molecule has 2 aromatic heterocycles. The maximum absolute atomic E-state index is 11.5. The molecule has 1 aliphatic rings. The number of hydrogen-bond donors (Lipinski definition) is 1. The fraction of sp³-hybridized carbons (Fsp3) is 0.286. The third-order valence-corrected chi connectivity index (χ3v) is 5.09. The second kappa shape index (κ2) is 9.53. The van der Waals surface area contributed by atoms with Crippen molar-refractivity contribution >= 4 is 29.1 Å². The van der Waals surface area contributed by atoms with E-state index >= 15 is 0 Å². The lowest BCUT2D eigenvalue weighted by atomic mass is 10.1. The van der Waals surface area contributed by atoms with Crippen LogP contribution in [0.3, 0.4) is 0 Å². The van der Waals surface area contributed by atoms with Crippen LogP contribution in [0.4, 0.5) is 5.69 Å². The monoisotopic (exact) mass is 455 g/mol. The zero-order valence-electron chi connectivity index (χ0n) is 18.1. The molecule has 12 nitrogen and oxygen atoms in total. The summed E-state index contributed by atoms with van der Waals surface area (Å²) in [4.78, 5) is 48.1. The van der Waals surface area contributed by atoms with Crippen molar-refractivity contribution in [3.8, 4) is 0 Å². The van der Waals surface area contributed by atoms with Gasteiger partial charge in [0.1, 0.15) is 11.9 Å². The molecule has 1 atom stereocenters. The number of methoxy groups -OCH3 is 2. The van der Waals surface area contributed by atoms with Crippen LogP contribution in [0.1, 0.15) is 61.8 Å². The molecule has 2 heterocycles. The highest BCUT2D eigenvalue weighted by atomic mass is 16.6. The Balaban J connectivity index is 0.000000194. The Hall–Kier alpha value is -4.19. The standard InChI is InChI=1S/C11H13NO2.C10H8N4O5/c1-14-11(13)8-2-4-9-7(6-8)3-5-10(9)12;1-5(15)7-3-6(10(16)19-2)12-9-8(14(17)18)4-11-13(7)9/h2,4,6,10H,3,5,12H2,1H3;3-4H,1-2H3/t10-;/m0./s1. The number of carbonyl (C=O) groups excluding carboxylic acids is 3. The summed E-state index contributed by atoms with van der Waals surface area (Å²) in [6, 6.07) is 6.90. The van der Waals surface area contributed by atoms with Gasteiger partial charge in [0, 0.05) is 19.0 Å². The zero-order valence-corrected chi connectivity index (χ0v) is 18.1. The van der Waals surface area contributed by atoms with Crippen molar-refractivity contribution in [2.24, 2.45) is 5.73 Å². The molecule has 0 radical (unpaired) electrons. The van der Waals surface area contributed by atoms with E-state index in [-0.39, 0.29) is 29.0 Å². The van der Waals surface area contributed by atoms with E-state index in [1.165, 1.54) is 25.7 Å². The van der Waals surface area contributed by atoms with E-state index in [0.29, 0.717) is 5.56 Å². The van der Waals surface area contributed by atoms with Crippen LogP contribution in [0.2, 0.25) is 0 Å². The number of ether oxygens (including phenoxy) is 2. The van der Waals surface area contributed by atoms with Gasteiger partial charge in [-0.15, -0.1) is 0 Å². The van der Waals surface area contributed by atoms with Gasteiger partial charge in [-0.1, -0.05) is 6.07 Å². The molecule has 0 saturated heterocycles. The Labute approximate surface area is 187 Å². The van der Waals surface area contributed by atoms with Gasteiger partial charge in [0.25, 0.3) is 0 Å². The SMILES string of the molecule is COC(=O)c1cc(C(C)=O)n2ncc([N+](=O)[O-])c2n1.COC(=O)c1ccc2c(c1)CC[C@@H]2N. The van der Waals surface area contributed by atoms with E-state index in [9.17, 15) is 24.5 Å². The van der Waals surface area contributed by atoms with Crippen molar-refractivity contribution in [3.05, 3.63) is 68.7 Å². The van der Waals surface area contributed by atoms with Gasteiger partial charge in [0.2, 0.25) is 5.65 Å². The second-order valence-corrected chi connectivity index (χ2v) is 7.15. The third-order valence-electron chi connectivity index (χ3n) is 5.09. The van der Waals surface area contributed by atoms with Gasteiger partial charge >= 0.3 is 17.6 Å². The van der Waals surface area contributed by atoms with Crippen molar-refractivity contribution in [3.63, 3.8) is 0 Å². The lowest BCUT2D eigenvalue weighted by molar-refractivity contribution is -0.383. The van der Waals surface area contributed by atoms with Crippen molar-refractivity contribution in [2.75, 3.05) is 14.2 Å². The van der Waals surface area contributed by atoms with Crippen LogP contribution in [0, 0.1) is 10.1 Å². The lowest BCUT2D eigenvalue weighted by Crippen LogP contribution is -2.12. The predicted molar refractivity (Wildman–Crippen MR) is 114 cm³/mol. The Kier molecular flexibility index (Phi) is 6.78. The van der Waals surface area contributed by atoms with Crippen molar-refractivity contribution in [1.82, 2.24) is 14.6 Å². The molecule has 172 valence electrons. The highest BCUT2D eigenvalue weighted by molar-refractivity contribution is 5.96. The number of benzene rings is 1. The molecular weight excluding hydrogens is 434 g/mol. The zero-order chi connectivity index (χ0) is 24.3. The predicted octanol–water partition coefficient (Wildman–Crippen LogP) is 2.05. The summed E-state index contributed by atoms with van der Waals surface area (Å²) in [5.74, 6) is -1.48. The van der Waals surface area contributed by atoms with Crippen LogP contribution in [0.15, 0.2) is 30.5 Å². The minimum Gasteiger partial charge on any atom is -0.465 e. The first-order valence-electron chi connectivity index (χ1n) is 9.77. The molecule has 12 heteroatoms. The van der Waals surface area contributed by atoms with Gasteiger partial charge in [-0.05, 0) is 36.1 Å². The summed E-state index contributed by atoms with van der Waals surface area (Å²) in [5, 5.41) is 14.5. The largest absolute Gasteiger partial charge is 0.465 e. The van der Waals surface area contributed by atoms with E-state index in [1.54, 1.807) is 6.07 Å². The summed E-state index contributed by atoms with van der Waals surface area (Å²) < 4.78 is 10.2. The van der Waals surface area contributed by atoms with Crippen LogP contribution in [-0.2, 0) is 15.9 Å². The number of esters is 2. The first-order valence-corrected chi connectivity index (χ1v) is 9.77. The summed E-state index contributed by atoms with van der Waals surface area (Å²) in [6.07, 6.45) is 2.90. The molecule has 0 spiro atoms. The molecule has 4 rings (SSSR count). The van der Waals surface area contributed by atoms with Gasteiger partial charge in [-0.25, -0.2) is 19.1 Å². The summed E-state index contributed by atoms with van der Waals surface area (Å²) in [7, 11) is 2.54. The van der Waals surface area contributed by atoms with Crippen molar-refractivity contribution in [2.45, 2.75) is 25.8 Å². The normalized spacial score (nSPS) is 14.1. The number of Topliss-reactive ketones (excluding diaryl/α,β-unsaturated/α-hetero) is 1. The van der Waals surface area contributed by atoms with Crippen LogP contribution >= 0.6 is 0 Å². The minimum absolute atomic E-state index is 0.0125. The number of nitro groups is 1. The Morgan fingerprint density at radius 3 is 2.48 bits per heavy atom. The molecule has 1 aliphatic carbocycles. The molecule has 33 heavy (non-hydrogen) atoms. The Bertz CT molecular complexity index is 1270. The molecule has 0 fully saturated rings. The molecular formula is C21H21N5O7. The fourth-order valence-electron chi connectivity index (χ4n) is 3.44. The van der Waals surface area contributed by atoms with Gasteiger partial charge in [0.05, 0.1) is 24.7 Å². The Morgan fingerprint density at radius 2 is 1.88 bits per heavy atom. The van der Waals surface area contributed by atoms with Gasteiger partial charge < -0.3 is 15.2 Å². The first-order chi connectivity index (χ1) is 15.7. The Morgan fingerprint density at radius 1 is 1.18 bits per heavy atom. The molecule has 0 bridgehead atoms. The van der Waals surface area contributed by atoms with Crippen molar-refractivity contribution in [1.29, 1.82) is 0 Å². The molecule has 0 saturated carbocycles. The maximum Gasteiger partial charge on any atom is 0.356 e. The summed E-state index contributed by atoms with van der Waals surface area (Å²) in [5.41, 5.74) is 8.09. The average Bonchev–Trinajstić information content (AvgIpc) is 3.41. The van der Waals surface area contributed by atoms with E-state index in [4.69, 9.17) is 5.73 Å². The highest BCUT2D eigenvalue weighted by Crippen LogP contribution is 2.29. The number of ketones is 1. The number of fused-ring (bicyclic) bond motifs is 2. The molecule has 0 amide bonds. The number of carbonyl (C=O) groups is 3. The number of nitrogens with two attached hydrogens (primary N) is 1. The van der Waals surface area contributed by atoms with E-state index < -0.39 is 22.4 Å². The average molecular weight is 455 g/mol. The molecule has 0 unspecified atom stereocenters. The first kappa shape index (κ1) is 23.5. The highest BCUT2D eigenvalue weighted by Gasteiger charge is 2.23.